The van der Waals surface area contributed by atoms with Crippen LogP contribution in [0.1, 0.15) is 31.2 Å². The van der Waals surface area contributed by atoms with Crippen molar-refractivity contribution in [2.75, 3.05) is 6.54 Å². The summed E-state index contributed by atoms with van der Waals surface area (Å²) in [6, 6.07) is 3.28. The fourth-order valence-corrected chi connectivity index (χ4v) is 1.94. The largest absolute Gasteiger partial charge is 0.440 e. The van der Waals surface area contributed by atoms with Crippen LogP contribution in [0.15, 0.2) is 22.6 Å². The highest BCUT2D eigenvalue weighted by atomic mass is 19.4. The third-order valence-corrected chi connectivity index (χ3v) is 3.11. The maximum absolute atomic E-state index is 12.6. The van der Waals surface area contributed by atoms with Crippen molar-refractivity contribution in [3.8, 4) is 0 Å². The summed E-state index contributed by atoms with van der Waals surface area (Å²) in [7, 11) is 0. The number of hydrogen-bond donors (Lipinski definition) is 1. The van der Waals surface area contributed by atoms with Crippen LogP contribution in [0.5, 0.6) is 0 Å². The van der Waals surface area contributed by atoms with Crippen molar-refractivity contribution in [2.45, 2.75) is 25.9 Å². The molecule has 2 N–H and O–H groups in total. The minimum atomic E-state index is -4.38. The van der Waals surface area contributed by atoms with Gasteiger partial charge in [-0.05, 0) is 24.1 Å². The van der Waals surface area contributed by atoms with Crippen molar-refractivity contribution < 1.29 is 17.6 Å². The number of nitrogens with zero attached hydrogens (tertiary/aromatic N) is 1. The molecule has 1 atom stereocenters. The second-order valence-corrected chi connectivity index (χ2v) is 4.82. The molecule has 2 rings (SSSR count). The zero-order valence-electron chi connectivity index (χ0n) is 10.7. The van der Waals surface area contributed by atoms with Gasteiger partial charge < -0.3 is 10.2 Å². The van der Waals surface area contributed by atoms with Crippen LogP contribution in [-0.2, 0) is 6.18 Å². The van der Waals surface area contributed by atoms with Crippen LogP contribution in [0.3, 0.4) is 0 Å². The van der Waals surface area contributed by atoms with Crippen LogP contribution < -0.4 is 5.73 Å². The van der Waals surface area contributed by atoms with Gasteiger partial charge in [-0.2, -0.15) is 13.2 Å². The normalized spacial score (nSPS) is 14.3. The highest BCUT2D eigenvalue weighted by Gasteiger charge is 2.31. The molecule has 0 aliphatic heterocycles. The lowest BCUT2D eigenvalue weighted by Gasteiger charge is -2.13. The summed E-state index contributed by atoms with van der Waals surface area (Å²) in [5.41, 5.74) is 5.48. The van der Waals surface area contributed by atoms with Gasteiger partial charge in [-0.15, -0.1) is 0 Å². The fourth-order valence-electron chi connectivity index (χ4n) is 1.94. The van der Waals surface area contributed by atoms with E-state index in [9.17, 15) is 13.2 Å². The van der Waals surface area contributed by atoms with Crippen molar-refractivity contribution in [1.82, 2.24) is 4.98 Å². The van der Waals surface area contributed by atoms with Crippen molar-refractivity contribution in [3.05, 3.63) is 29.7 Å². The molecule has 1 aromatic carbocycles. The number of benzene rings is 1. The van der Waals surface area contributed by atoms with E-state index in [2.05, 4.69) is 4.98 Å². The number of fused-ring (bicyclic) bond motifs is 1. The van der Waals surface area contributed by atoms with Gasteiger partial charge in [0, 0.05) is 6.54 Å². The molecule has 1 heterocycles. The molecular formula is C13H15F3N2O. The van der Waals surface area contributed by atoms with Gasteiger partial charge in [0.1, 0.15) is 5.52 Å². The fraction of sp³-hybridized carbons (Fsp3) is 0.462. The Bertz CT molecular complexity index is 575. The van der Waals surface area contributed by atoms with E-state index >= 15 is 0 Å². The van der Waals surface area contributed by atoms with Crippen LogP contribution in [0, 0.1) is 5.92 Å². The molecule has 0 spiro atoms. The third-order valence-electron chi connectivity index (χ3n) is 3.11. The van der Waals surface area contributed by atoms with E-state index in [-0.39, 0.29) is 17.4 Å². The van der Waals surface area contributed by atoms with E-state index < -0.39 is 11.7 Å². The zero-order chi connectivity index (χ0) is 14.2. The zero-order valence-corrected chi connectivity index (χ0v) is 10.7. The summed E-state index contributed by atoms with van der Waals surface area (Å²) >= 11 is 0. The number of alkyl halides is 3. The van der Waals surface area contributed by atoms with Crippen molar-refractivity contribution in [1.29, 1.82) is 0 Å². The van der Waals surface area contributed by atoms with Crippen LogP contribution in [-0.4, -0.2) is 11.5 Å². The van der Waals surface area contributed by atoms with E-state index in [1.54, 1.807) is 0 Å². The van der Waals surface area contributed by atoms with E-state index in [1.165, 1.54) is 6.07 Å². The van der Waals surface area contributed by atoms with Gasteiger partial charge in [-0.1, -0.05) is 13.8 Å². The van der Waals surface area contributed by atoms with E-state index in [1.807, 2.05) is 13.8 Å². The Morgan fingerprint density at radius 2 is 2.00 bits per heavy atom. The first-order chi connectivity index (χ1) is 8.82. The first-order valence-electron chi connectivity index (χ1n) is 6.00. The van der Waals surface area contributed by atoms with Crippen LogP contribution in [0.2, 0.25) is 0 Å². The molecule has 0 amide bonds. The summed E-state index contributed by atoms with van der Waals surface area (Å²) in [6.45, 7) is 4.28. The van der Waals surface area contributed by atoms with Crippen LogP contribution in [0.4, 0.5) is 13.2 Å². The topological polar surface area (TPSA) is 52.0 Å². The Labute approximate surface area is 108 Å². The Balaban J connectivity index is 2.46. The molecule has 3 nitrogen and oxygen atoms in total. The lowest BCUT2D eigenvalue weighted by molar-refractivity contribution is -0.137. The van der Waals surface area contributed by atoms with Gasteiger partial charge in [0.25, 0.3) is 0 Å². The average molecular weight is 272 g/mol. The average Bonchev–Trinajstić information content (AvgIpc) is 2.70. The van der Waals surface area contributed by atoms with E-state index in [0.29, 0.717) is 18.0 Å². The molecular weight excluding hydrogens is 257 g/mol. The van der Waals surface area contributed by atoms with Crippen LogP contribution in [0.25, 0.3) is 11.1 Å². The third kappa shape index (κ3) is 2.73. The molecule has 2 aromatic rings. The van der Waals surface area contributed by atoms with Crippen LogP contribution >= 0.6 is 0 Å². The first kappa shape index (κ1) is 13.9. The number of halogens is 3. The van der Waals surface area contributed by atoms with Gasteiger partial charge in [0.15, 0.2) is 11.5 Å². The Morgan fingerprint density at radius 3 is 2.53 bits per heavy atom. The molecule has 1 aromatic heterocycles. The van der Waals surface area contributed by atoms with Gasteiger partial charge in [0.2, 0.25) is 0 Å². The van der Waals surface area contributed by atoms with Crippen molar-refractivity contribution in [3.63, 3.8) is 0 Å². The van der Waals surface area contributed by atoms with E-state index in [0.717, 1.165) is 12.1 Å². The monoisotopic (exact) mass is 272 g/mol. The standard InChI is InChI=1S/C13H15F3N2O/c1-7(2)9(6-17)12-18-10-5-8(13(14,15)16)3-4-11(10)19-12/h3-5,7,9H,6,17H2,1-2H3. The Hall–Kier alpha value is -1.56. The summed E-state index contributed by atoms with van der Waals surface area (Å²) < 4.78 is 43.3. The molecule has 0 saturated carbocycles. The second kappa shape index (κ2) is 4.85. The summed E-state index contributed by atoms with van der Waals surface area (Å²) in [5.74, 6) is 0.508. The number of oxazole rings is 1. The maximum Gasteiger partial charge on any atom is 0.416 e. The molecule has 6 heteroatoms. The summed E-state index contributed by atoms with van der Waals surface area (Å²) in [4.78, 5) is 4.13. The molecule has 1 unspecified atom stereocenters. The van der Waals surface area contributed by atoms with Gasteiger partial charge >= 0.3 is 6.18 Å². The predicted molar refractivity (Wildman–Crippen MR) is 65.6 cm³/mol. The lowest BCUT2D eigenvalue weighted by Crippen LogP contribution is -2.17. The highest BCUT2D eigenvalue weighted by molar-refractivity contribution is 5.73. The van der Waals surface area contributed by atoms with Gasteiger partial charge in [-0.3, -0.25) is 0 Å². The highest BCUT2D eigenvalue weighted by Crippen LogP contribution is 2.33. The molecule has 0 saturated heterocycles. The van der Waals surface area contributed by atoms with Gasteiger partial charge in [-0.25, -0.2) is 4.98 Å². The number of nitrogens with two attached hydrogens (primary N) is 1. The van der Waals surface area contributed by atoms with Crippen molar-refractivity contribution in [2.24, 2.45) is 11.7 Å². The quantitative estimate of drug-likeness (QED) is 0.929. The molecule has 0 fully saturated rings. The minimum absolute atomic E-state index is 0.0956. The SMILES string of the molecule is CC(C)C(CN)c1nc2cc(C(F)(F)F)ccc2o1. The molecule has 104 valence electrons. The molecule has 0 aliphatic carbocycles. The molecule has 0 aliphatic rings. The molecule has 0 radical (unpaired) electrons. The summed E-state index contributed by atoms with van der Waals surface area (Å²) in [6.07, 6.45) is -4.38. The maximum atomic E-state index is 12.6. The first-order valence-corrected chi connectivity index (χ1v) is 6.00. The number of aromatic nitrogens is 1. The predicted octanol–water partition coefficient (Wildman–Crippen LogP) is 3.54. The van der Waals surface area contributed by atoms with E-state index in [4.69, 9.17) is 10.2 Å². The lowest BCUT2D eigenvalue weighted by atomic mass is 9.96. The number of hydrogen-bond acceptors (Lipinski definition) is 3. The number of rotatable bonds is 3. The van der Waals surface area contributed by atoms with Gasteiger partial charge in [0.05, 0.1) is 11.5 Å². The Kier molecular flexibility index (Phi) is 3.54. The smallest absolute Gasteiger partial charge is 0.416 e. The Morgan fingerprint density at radius 1 is 1.32 bits per heavy atom. The second-order valence-electron chi connectivity index (χ2n) is 4.82. The molecule has 19 heavy (non-hydrogen) atoms. The summed E-state index contributed by atoms with van der Waals surface area (Å²) in [5, 5.41) is 0. The minimum Gasteiger partial charge on any atom is -0.440 e. The van der Waals surface area contributed by atoms with Crippen molar-refractivity contribution >= 4 is 11.1 Å². The molecule has 0 bridgehead atoms.